The molecule has 2 aliphatic carbocycles. The SMILES string of the molecule is C1=C[C@H]2C[C@H]1C[C@H]2CN1CCN(C/C=C\c2ccccc2)CC1. The van der Waals surface area contributed by atoms with Crippen LogP contribution in [0.3, 0.4) is 0 Å². The van der Waals surface area contributed by atoms with Gasteiger partial charge in [0.05, 0.1) is 0 Å². The van der Waals surface area contributed by atoms with Crippen molar-refractivity contribution in [3.05, 3.63) is 54.1 Å². The van der Waals surface area contributed by atoms with Crippen LogP contribution in [-0.2, 0) is 0 Å². The van der Waals surface area contributed by atoms with Crippen molar-refractivity contribution in [3.63, 3.8) is 0 Å². The molecule has 2 heteroatoms. The van der Waals surface area contributed by atoms with Crippen molar-refractivity contribution in [2.75, 3.05) is 39.3 Å². The van der Waals surface area contributed by atoms with E-state index in [1.807, 2.05) is 0 Å². The number of allylic oxidation sites excluding steroid dienone is 2. The predicted molar refractivity (Wildman–Crippen MR) is 97.2 cm³/mol. The lowest BCUT2D eigenvalue weighted by molar-refractivity contribution is 0.121. The molecule has 4 rings (SSSR count). The van der Waals surface area contributed by atoms with E-state index in [4.69, 9.17) is 0 Å². The van der Waals surface area contributed by atoms with Gasteiger partial charge in [-0.1, -0.05) is 54.6 Å². The lowest BCUT2D eigenvalue weighted by Crippen LogP contribution is -2.47. The zero-order valence-electron chi connectivity index (χ0n) is 14.0. The number of hydrogen-bond acceptors (Lipinski definition) is 2. The molecule has 2 nitrogen and oxygen atoms in total. The van der Waals surface area contributed by atoms with Crippen LogP contribution < -0.4 is 0 Å². The fraction of sp³-hybridized carbons (Fsp3) is 0.524. The maximum atomic E-state index is 2.70. The summed E-state index contributed by atoms with van der Waals surface area (Å²) in [6, 6.07) is 10.6. The van der Waals surface area contributed by atoms with Crippen LogP contribution in [0, 0.1) is 17.8 Å². The molecule has 1 saturated carbocycles. The molecule has 0 radical (unpaired) electrons. The van der Waals surface area contributed by atoms with E-state index in [1.54, 1.807) is 0 Å². The second-order valence-electron chi connectivity index (χ2n) is 7.45. The Labute approximate surface area is 140 Å². The molecule has 0 spiro atoms. The van der Waals surface area contributed by atoms with Crippen LogP contribution in [0.25, 0.3) is 6.08 Å². The maximum Gasteiger partial charge on any atom is 0.0167 e. The van der Waals surface area contributed by atoms with Gasteiger partial charge in [-0.15, -0.1) is 0 Å². The van der Waals surface area contributed by atoms with E-state index in [-0.39, 0.29) is 0 Å². The molecule has 1 aliphatic heterocycles. The highest BCUT2D eigenvalue weighted by molar-refractivity contribution is 5.48. The van der Waals surface area contributed by atoms with Gasteiger partial charge in [0.25, 0.3) is 0 Å². The second kappa shape index (κ2) is 7.02. The third-order valence-electron chi connectivity index (χ3n) is 5.85. The first-order chi connectivity index (χ1) is 11.4. The van der Waals surface area contributed by atoms with E-state index in [9.17, 15) is 0 Å². The Bertz CT molecular complexity index is 554. The first kappa shape index (κ1) is 15.2. The molecular weight excluding hydrogens is 280 g/mol. The summed E-state index contributed by atoms with van der Waals surface area (Å²) in [7, 11) is 0. The van der Waals surface area contributed by atoms with Gasteiger partial charge in [-0.25, -0.2) is 0 Å². The Balaban J connectivity index is 1.19. The molecule has 1 aromatic rings. The number of nitrogens with zero attached hydrogens (tertiary/aromatic N) is 2. The third kappa shape index (κ3) is 3.76. The fourth-order valence-electron chi connectivity index (χ4n) is 4.49. The molecule has 122 valence electrons. The van der Waals surface area contributed by atoms with Gasteiger partial charge in [-0.2, -0.15) is 0 Å². The standard InChI is InChI=1S/C21H28N2/c1-2-5-18(6-3-1)7-4-10-22-11-13-23(14-12-22)17-21-16-19-8-9-20(21)15-19/h1-9,19-21H,10-17H2/b7-4-/t19-,20-,21-/m0/s1. The van der Waals surface area contributed by atoms with Crippen LogP contribution in [0.5, 0.6) is 0 Å². The number of hydrogen-bond donors (Lipinski definition) is 0. The number of piperazine rings is 1. The van der Waals surface area contributed by atoms with Gasteiger partial charge in [0.1, 0.15) is 0 Å². The normalized spacial score (nSPS) is 31.4. The summed E-state index contributed by atoms with van der Waals surface area (Å²) in [5.41, 5.74) is 1.30. The zero-order chi connectivity index (χ0) is 15.5. The molecule has 0 N–H and O–H groups in total. The average Bonchev–Trinajstić information content (AvgIpc) is 3.20. The summed E-state index contributed by atoms with van der Waals surface area (Å²) in [5, 5.41) is 0. The van der Waals surface area contributed by atoms with E-state index in [0.717, 1.165) is 24.3 Å². The summed E-state index contributed by atoms with van der Waals surface area (Å²) in [5.74, 6) is 2.75. The van der Waals surface area contributed by atoms with Crippen molar-refractivity contribution >= 4 is 6.08 Å². The van der Waals surface area contributed by atoms with Gasteiger partial charge >= 0.3 is 0 Å². The lowest BCUT2D eigenvalue weighted by atomic mass is 9.93. The molecule has 1 heterocycles. The Hall–Kier alpha value is -1.38. The number of rotatable bonds is 5. The van der Waals surface area contributed by atoms with Crippen molar-refractivity contribution in [2.45, 2.75) is 12.8 Å². The quantitative estimate of drug-likeness (QED) is 0.768. The Morgan fingerprint density at radius 1 is 0.913 bits per heavy atom. The Morgan fingerprint density at radius 2 is 1.70 bits per heavy atom. The molecule has 2 fully saturated rings. The van der Waals surface area contributed by atoms with Crippen LogP contribution in [0.2, 0.25) is 0 Å². The van der Waals surface area contributed by atoms with Crippen LogP contribution >= 0.6 is 0 Å². The summed E-state index contributed by atoms with van der Waals surface area (Å²) < 4.78 is 0. The summed E-state index contributed by atoms with van der Waals surface area (Å²) in [4.78, 5) is 5.28. The first-order valence-corrected chi connectivity index (χ1v) is 9.21. The van der Waals surface area contributed by atoms with Crippen LogP contribution in [0.1, 0.15) is 18.4 Å². The van der Waals surface area contributed by atoms with Gasteiger partial charge in [0.15, 0.2) is 0 Å². The van der Waals surface area contributed by atoms with Crippen molar-refractivity contribution in [1.29, 1.82) is 0 Å². The molecule has 3 aliphatic rings. The van der Waals surface area contributed by atoms with Crippen LogP contribution in [-0.4, -0.2) is 49.1 Å². The van der Waals surface area contributed by atoms with Crippen molar-refractivity contribution < 1.29 is 0 Å². The monoisotopic (exact) mass is 308 g/mol. The molecule has 1 aromatic carbocycles. The molecule has 3 atom stereocenters. The summed E-state index contributed by atoms with van der Waals surface area (Å²) in [6.07, 6.45) is 12.4. The highest BCUT2D eigenvalue weighted by Gasteiger charge is 2.36. The van der Waals surface area contributed by atoms with Crippen molar-refractivity contribution in [1.82, 2.24) is 9.80 Å². The molecule has 0 unspecified atom stereocenters. The molecule has 0 amide bonds. The Kier molecular flexibility index (Phi) is 4.63. The third-order valence-corrected chi connectivity index (χ3v) is 5.85. The minimum atomic E-state index is 0.895. The molecule has 23 heavy (non-hydrogen) atoms. The van der Waals surface area contributed by atoms with Gasteiger partial charge in [-0.05, 0) is 36.2 Å². The number of benzene rings is 1. The highest BCUT2D eigenvalue weighted by atomic mass is 15.3. The Morgan fingerprint density at radius 3 is 2.39 bits per heavy atom. The summed E-state index contributed by atoms with van der Waals surface area (Å²) in [6.45, 7) is 7.35. The smallest absolute Gasteiger partial charge is 0.0167 e. The van der Waals surface area contributed by atoms with Crippen molar-refractivity contribution in [3.8, 4) is 0 Å². The minimum Gasteiger partial charge on any atom is -0.300 e. The predicted octanol–water partition coefficient (Wildman–Crippen LogP) is 3.53. The maximum absolute atomic E-state index is 2.70. The number of fused-ring (bicyclic) bond motifs is 2. The topological polar surface area (TPSA) is 6.48 Å². The highest BCUT2D eigenvalue weighted by Crippen LogP contribution is 2.43. The van der Waals surface area contributed by atoms with Crippen LogP contribution in [0.4, 0.5) is 0 Å². The van der Waals surface area contributed by atoms with E-state index >= 15 is 0 Å². The second-order valence-corrected chi connectivity index (χ2v) is 7.45. The van der Waals surface area contributed by atoms with Crippen LogP contribution in [0.15, 0.2) is 48.6 Å². The van der Waals surface area contributed by atoms with Gasteiger partial charge in [-0.3, -0.25) is 4.90 Å². The minimum absolute atomic E-state index is 0.895. The molecule has 1 saturated heterocycles. The van der Waals surface area contributed by atoms with Gasteiger partial charge in [0.2, 0.25) is 0 Å². The molecule has 2 bridgehead atoms. The van der Waals surface area contributed by atoms with E-state index in [2.05, 4.69) is 64.4 Å². The summed E-state index contributed by atoms with van der Waals surface area (Å²) >= 11 is 0. The van der Waals surface area contributed by atoms with E-state index < -0.39 is 0 Å². The first-order valence-electron chi connectivity index (χ1n) is 9.21. The molecule has 0 aromatic heterocycles. The van der Waals surface area contributed by atoms with Crippen molar-refractivity contribution in [2.24, 2.45) is 17.8 Å². The molecular formula is C21H28N2. The zero-order valence-corrected chi connectivity index (χ0v) is 14.0. The largest absolute Gasteiger partial charge is 0.300 e. The van der Waals surface area contributed by atoms with Gasteiger partial charge in [0, 0.05) is 39.3 Å². The van der Waals surface area contributed by atoms with E-state index in [1.165, 1.54) is 51.1 Å². The average molecular weight is 308 g/mol. The fourth-order valence-corrected chi connectivity index (χ4v) is 4.49. The van der Waals surface area contributed by atoms with Gasteiger partial charge < -0.3 is 4.90 Å². The van der Waals surface area contributed by atoms with E-state index in [0.29, 0.717) is 0 Å². The lowest BCUT2D eigenvalue weighted by Gasteiger charge is -2.36.